The molecule has 1 fully saturated rings. The lowest BCUT2D eigenvalue weighted by molar-refractivity contribution is 0.204. The highest BCUT2D eigenvalue weighted by atomic mass is 16.5. The normalized spacial score (nSPS) is 15.6. The number of likely N-dealkylation sites (tertiary alicyclic amines) is 1. The minimum Gasteiger partial charge on any atom is -0.493 e. The molecule has 3 rings (SSSR count). The minimum atomic E-state index is -0.352. The number of nitrogens with zero attached hydrogens (tertiary/aromatic N) is 1. The van der Waals surface area contributed by atoms with E-state index in [-0.39, 0.29) is 5.63 Å². The number of aryl methyl sites for hydroxylation is 1. The number of hydrogen-bond acceptors (Lipinski definition) is 5. The zero-order valence-corrected chi connectivity index (χ0v) is 14.6. The number of fused-ring (bicyclic) bond motifs is 1. The van der Waals surface area contributed by atoms with Crippen molar-refractivity contribution in [1.29, 1.82) is 0 Å². The summed E-state index contributed by atoms with van der Waals surface area (Å²) in [6, 6.07) is 5.71. The van der Waals surface area contributed by atoms with Gasteiger partial charge in [0.1, 0.15) is 17.0 Å². The maximum atomic E-state index is 11.9. The molecule has 1 aromatic heterocycles. The zero-order valence-electron chi connectivity index (χ0n) is 14.6. The summed E-state index contributed by atoms with van der Waals surface area (Å²) in [5.41, 5.74) is 1.60. The van der Waals surface area contributed by atoms with Crippen molar-refractivity contribution in [2.24, 2.45) is 0 Å². The molecule has 1 aromatic carbocycles. The van der Waals surface area contributed by atoms with Crippen LogP contribution in [0.4, 0.5) is 5.69 Å². The lowest BCUT2D eigenvalue weighted by Gasteiger charge is -2.26. The molecule has 5 heteroatoms. The Morgan fingerprint density at radius 2 is 2.04 bits per heavy atom. The van der Waals surface area contributed by atoms with Crippen LogP contribution in [0.2, 0.25) is 0 Å². The quantitative estimate of drug-likeness (QED) is 0.650. The van der Waals surface area contributed by atoms with Crippen molar-refractivity contribution in [3.05, 3.63) is 34.2 Å². The van der Waals surface area contributed by atoms with Crippen molar-refractivity contribution in [2.45, 2.75) is 32.6 Å². The van der Waals surface area contributed by atoms with E-state index in [2.05, 4.69) is 10.2 Å². The van der Waals surface area contributed by atoms with Gasteiger partial charge in [0.15, 0.2) is 0 Å². The van der Waals surface area contributed by atoms with Gasteiger partial charge in [0.2, 0.25) is 0 Å². The predicted octanol–water partition coefficient (Wildman–Crippen LogP) is 3.40. The Bertz CT molecular complexity index is 748. The summed E-state index contributed by atoms with van der Waals surface area (Å²) in [6.45, 7) is 6.14. The second kappa shape index (κ2) is 7.71. The Labute approximate surface area is 142 Å². The fraction of sp³-hybridized carbons (Fsp3) is 0.526. The summed E-state index contributed by atoms with van der Waals surface area (Å²) in [7, 11) is 1.71. The van der Waals surface area contributed by atoms with Crippen LogP contribution in [-0.4, -0.2) is 38.2 Å². The Morgan fingerprint density at radius 1 is 1.25 bits per heavy atom. The van der Waals surface area contributed by atoms with Crippen molar-refractivity contribution >= 4 is 16.7 Å². The lowest BCUT2D eigenvalue weighted by Crippen LogP contribution is -2.31. The van der Waals surface area contributed by atoms with Crippen molar-refractivity contribution in [1.82, 2.24) is 4.90 Å². The Balaban J connectivity index is 1.64. The largest absolute Gasteiger partial charge is 0.493 e. The van der Waals surface area contributed by atoms with Gasteiger partial charge < -0.3 is 19.4 Å². The number of piperidine rings is 1. The van der Waals surface area contributed by atoms with Crippen LogP contribution >= 0.6 is 0 Å². The second-order valence-corrected chi connectivity index (χ2v) is 6.41. The van der Waals surface area contributed by atoms with E-state index >= 15 is 0 Å². The lowest BCUT2D eigenvalue weighted by atomic mass is 10.1. The van der Waals surface area contributed by atoms with Crippen molar-refractivity contribution in [3.8, 4) is 5.75 Å². The van der Waals surface area contributed by atoms with E-state index in [4.69, 9.17) is 9.15 Å². The van der Waals surface area contributed by atoms with E-state index in [0.29, 0.717) is 17.9 Å². The van der Waals surface area contributed by atoms with Crippen LogP contribution in [0.5, 0.6) is 5.75 Å². The van der Waals surface area contributed by atoms with E-state index in [1.807, 2.05) is 25.1 Å². The van der Waals surface area contributed by atoms with Gasteiger partial charge in [-0.1, -0.05) is 6.42 Å². The van der Waals surface area contributed by atoms with Crippen LogP contribution < -0.4 is 15.7 Å². The van der Waals surface area contributed by atoms with Crippen LogP contribution in [0.15, 0.2) is 27.4 Å². The van der Waals surface area contributed by atoms with Crippen LogP contribution in [-0.2, 0) is 0 Å². The van der Waals surface area contributed by atoms with E-state index < -0.39 is 0 Å². The Hall–Kier alpha value is -2.01. The zero-order chi connectivity index (χ0) is 16.9. The van der Waals surface area contributed by atoms with Crippen molar-refractivity contribution in [2.75, 3.05) is 38.6 Å². The topological polar surface area (TPSA) is 54.7 Å². The predicted molar refractivity (Wildman–Crippen MR) is 97.2 cm³/mol. The standard InChI is InChI=1S/C19H26N2O3/c1-14-17(23-12-6-11-21-9-4-3-5-10-21)8-7-15-13-16(20-2)19(22)24-18(14)15/h7-8,13,20H,3-6,9-12H2,1-2H3. The Kier molecular flexibility index (Phi) is 5.41. The summed E-state index contributed by atoms with van der Waals surface area (Å²) >= 11 is 0. The fourth-order valence-corrected chi connectivity index (χ4v) is 3.29. The van der Waals surface area contributed by atoms with Crippen LogP contribution in [0.3, 0.4) is 0 Å². The molecular formula is C19H26N2O3. The summed E-state index contributed by atoms with van der Waals surface area (Å²) in [4.78, 5) is 14.4. The van der Waals surface area contributed by atoms with Gasteiger partial charge in [0.05, 0.1) is 6.61 Å². The van der Waals surface area contributed by atoms with Crippen molar-refractivity contribution in [3.63, 3.8) is 0 Å². The van der Waals surface area contributed by atoms with Gasteiger partial charge in [0.25, 0.3) is 0 Å². The molecule has 1 N–H and O–H groups in total. The van der Waals surface area contributed by atoms with Crippen molar-refractivity contribution < 1.29 is 9.15 Å². The van der Waals surface area contributed by atoms with E-state index in [0.717, 1.165) is 29.7 Å². The molecule has 0 atom stereocenters. The number of benzene rings is 1. The van der Waals surface area contributed by atoms with Crippen LogP contribution in [0, 0.1) is 6.92 Å². The monoisotopic (exact) mass is 330 g/mol. The fourth-order valence-electron chi connectivity index (χ4n) is 3.29. The molecule has 2 heterocycles. The molecule has 5 nitrogen and oxygen atoms in total. The molecule has 130 valence electrons. The number of nitrogens with one attached hydrogen (secondary N) is 1. The third-order valence-corrected chi connectivity index (χ3v) is 4.70. The molecule has 1 aliphatic heterocycles. The summed E-state index contributed by atoms with van der Waals surface area (Å²) < 4.78 is 11.4. The maximum Gasteiger partial charge on any atom is 0.359 e. The van der Waals surface area contributed by atoms with Gasteiger partial charge in [-0.3, -0.25) is 0 Å². The van der Waals surface area contributed by atoms with E-state index in [9.17, 15) is 4.79 Å². The minimum absolute atomic E-state index is 0.352. The van der Waals surface area contributed by atoms with Gasteiger partial charge in [0, 0.05) is 24.5 Å². The first-order chi connectivity index (χ1) is 11.7. The molecule has 0 amide bonds. The highest BCUT2D eigenvalue weighted by Crippen LogP contribution is 2.27. The Morgan fingerprint density at radius 3 is 2.79 bits per heavy atom. The molecule has 0 spiro atoms. The molecule has 2 aromatic rings. The number of anilines is 1. The molecule has 1 aliphatic rings. The first-order valence-electron chi connectivity index (χ1n) is 8.79. The summed E-state index contributed by atoms with van der Waals surface area (Å²) in [5, 5.41) is 3.75. The smallest absolute Gasteiger partial charge is 0.359 e. The first kappa shape index (κ1) is 16.8. The van der Waals surface area contributed by atoms with E-state index in [1.165, 1.54) is 32.4 Å². The first-order valence-corrected chi connectivity index (χ1v) is 8.79. The number of rotatable bonds is 6. The third kappa shape index (κ3) is 3.73. The molecular weight excluding hydrogens is 304 g/mol. The molecule has 0 unspecified atom stereocenters. The SMILES string of the molecule is CNc1cc2ccc(OCCCN3CCCCC3)c(C)c2oc1=O. The molecule has 0 bridgehead atoms. The molecule has 1 saturated heterocycles. The van der Waals surface area contributed by atoms with Gasteiger partial charge in [-0.15, -0.1) is 0 Å². The van der Waals surface area contributed by atoms with Gasteiger partial charge in [-0.05, 0) is 57.5 Å². The summed E-state index contributed by atoms with van der Waals surface area (Å²) in [6.07, 6.45) is 5.01. The highest BCUT2D eigenvalue weighted by molar-refractivity contribution is 5.84. The maximum absolute atomic E-state index is 11.9. The summed E-state index contributed by atoms with van der Waals surface area (Å²) in [5.74, 6) is 0.793. The van der Waals surface area contributed by atoms with Gasteiger partial charge in [-0.25, -0.2) is 4.79 Å². The third-order valence-electron chi connectivity index (χ3n) is 4.70. The van der Waals surface area contributed by atoms with Crippen LogP contribution in [0.1, 0.15) is 31.2 Å². The molecule has 0 radical (unpaired) electrons. The van der Waals surface area contributed by atoms with E-state index in [1.54, 1.807) is 7.05 Å². The molecule has 0 aliphatic carbocycles. The average Bonchev–Trinajstić information content (AvgIpc) is 2.61. The van der Waals surface area contributed by atoms with Gasteiger partial charge >= 0.3 is 5.63 Å². The molecule has 24 heavy (non-hydrogen) atoms. The number of hydrogen-bond donors (Lipinski definition) is 1. The average molecular weight is 330 g/mol. The van der Waals surface area contributed by atoms with Crippen LogP contribution in [0.25, 0.3) is 11.0 Å². The number of ether oxygens (including phenoxy) is 1. The second-order valence-electron chi connectivity index (χ2n) is 6.41. The molecule has 0 saturated carbocycles. The highest BCUT2D eigenvalue weighted by Gasteiger charge is 2.12. The van der Waals surface area contributed by atoms with Gasteiger partial charge in [-0.2, -0.15) is 0 Å².